The summed E-state index contributed by atoms with van der Waals surface area (Å²) in [6.45, 7) is 0. The van der Waals surface area contributed by atoms with Gasteiger partial charge < -0.3 is 5.73 Å². The van der Waals surface area contributed by atoms with E-state index in [0.29, 0.717) is 11.7 Å². The second-order valence-corrected chi connectivity index (χ2v) is 5.74. The van der Waals surface area contributed by atoms with E-state index in [2.05, 4.69) is 31.5 Å². The zero-order chi connectivity index (χ0) is 13.2. The third-order valence-corrected chi connectivity index (χ3v) is 4.57. The molecular weight excluding hydrogens is 306 g/mol. The smallest absolute Gasteiger partial charge is 0.183 e. The first-order valence-electron chi connectivity index (χ1n) is 6.59. The quantitative estimate of drug-likeness (QED) is 0.862. The Balaban J connectivity index is 2.01. The van der Waals surface area contributed by atoms with Crippen molar-refractivity contribution in [1.82, 2.24) is 20.2 Å². The molecule has 0 unspecified atom stereocenters. The van der Waals surface area contributed by atoms with Gasteiger partial charge in [-0.2, -0.15) is 0 Å². The van der Waals surface area contributed by atoms with E-state index in [9.17, 15) is 0 Å². The lowest BCUT2D eigenvalue weighted by Crippen LogP contribution is -2.15. The third-order valence-electron chi connectivity index (χ3n) is 3.68. The maximum absolute atomic E-state index is 5.93. The second kappa shape index (κ2) is 5.28. The van der Waals surface area contributed by atoms with Crippen LogP contribution in [0.5, 0.6) is 0 Å². The summed E-state index contributed by atoms with van der Waals surface area (Å²) in [5.74, 6) is 0.797. The molecule has 0 atom stereocenters. The van der Waals surface area contributed by atoms with E-state index in [1.54, 1.807) is 0 Å². The highest BCUT2D eigenvalue weighted by Gasteiger charge is 2.22. The lowest BCUT2D eigenvalue weighted by atomic mass is 9.95. The molecule has 3 rings (SSSR count). The minimum Gasteiger partial charge on any atom is -0.398 e. The summed E-state index contributed by atoms with van der Waals surface area (Å²) in [6, 6.07) is 6.19. The van der Waals surface area contributed by atoms with Crippen LogP contribution in [-0.2, 0) is 0 Å². The van der Waals surface area contributed by atoms with Crippen LogP contribution in [0.15, 0.2) is 22.7 Å². The summed E-state index contributed by atoms with van der Waals surface area (Å²) in [4.78, 5) is 0. The molecule has 2 N–H and O–H groups in total. The van der Waals surface area contributed by atoms with Crippen molar-refractivity contribution in [1.29, 1.82) is 0 Å². The molecule has 0 radical (unpaired) electrons. The molecule has 1 aliphatic rings. The van der Waals surface area contributed by atoms with Gasteiger partial charge in [0, 0.05) is 11.3 Å². The number of nitrogens with two attached hydrogens (primary N) is 1. The number of hydrogen-bond donors (Lipinski definition) is 1. The van der Waals surface area contributed by atoms with Gasteiger partial charge in [0.15, 0.2) is 5.82 Å². The molecule has 0 aliphatic heterocycles. The zero-order valence-electron chi connectivity index (χ0n) is 10.6. The molecule has 1 heterocycles. The van der Waals surface area contributed by atoms with Crippen LogP contribution in [0.25, 0.3) is 11.4 Å². The van der Waals surface area contributed by atoms with Crippen molar-refractivity contribution in [3.63, 3.8) is 0 Å². The van der Waals surface area contributed by atoms with E-state index < -0.39 is 0 Å². The lowest BCUT2D eigenvalue weighted by Gasteiger charge is -2.22. The van der Waals surface area contributed by atoms with E-state index in [-0.39, 0.29) is 0 Å². The van der Waals surface area contributed by atoms with Crippen LogP contribution in [0.2, 0.25) is 0 Å². The lowest BCUT2D eigenvalue weighted by molar-refractivity contribution is 0.327. The molecule has 6 heteroatoms. The topological polar surface area (TPSA) is 69.6 Å². The van der Waals surface area contributed by atoms with Gasteiger partial charge in [0.25, 0.3) is 0 Å². The fourth-order valence-electron chi connectivity index (χ4n) is 2.67. The first kappa shape index (κ1) is 12.6. The first-order chi connectivity index (χ1) is 9.27. The Hall–Kier alpha value is -1.43. The van der Waals surface area contributed by atoms with Crippen LogP contribution in [0.3, 0.4) is 0 Å². The van der Waals surface area contributed by atoms with E-state index in [0.717, 1.165) is 28.7 Å². The Kier molecular flexibility index (Phi) is 3.50. The maximum atomic E-state index is 5.93. The van der Waals surface area contributed by atoms with Crippen molar-refractivity contribution in [2.24, 2.45) is 0 Å². The normalized spacial score (nSPS) is 16.7. The van der Waals surface area contributed by atoms with Crippen molar-refractivity contribution in [3.8, 4) is 11.4 Å². The molecule has 0 saturated heterocycles. The maximum Gasteiger partial charge on any atom is 0.183 e. The summed E-state index contributed by atoms with van der Waals surface area (Å²) in [5.41, 5.74) is 7.59. The van der Waals surface area contributed by atoms with Gasteiger partial charge in [-0.1, -0.05) is 25.3 Å². The van der Waals surface area contributed by atoms with Crippen LogP contribution in [0, 0.1) is 0 Å². The Bertz CT molecular complexity index is 574. The zero-order valence-corrected chi connectivity index (χ0v) is 12.2. The molecule has 5 nitrogen and oxygen atoms in total. The van der Waals surface area contributed by atoms with Crippen LogP contribution < -0.4 is 5.73 Å². The van der Waals surface area contributed by atoms with Crippen molar-refractivity contribution in [3.05, 3.63) is 22.7 Å². The van der Waals surface area contributed by atoms with Gasteiger partial charge in [-0.3, -0.25) is 0 Å². The molecule has 19 heavy (non-hydrogen) atoms. The fourth-order valence-corrected chi connectivity index (χ4v) is 3.11. The van der Waals surface area contributed by atoms with Gasteiger partial charge in [-0.05, 0) is 51.3 Å². The molecular formula is C13H16BrN5. The average Bonchev–Trinajstić information content (AvgIpc) is 2.92. The van der Waals surface area contributed by atoms with Crippen LogP contribution in [0.4, 0.5) is 5.69 Å². The summed E-state index contributed by atoms with van der Waals surface area (Å²) in [5, 5.41) is 12.2. The summed E-state index contributed by atoms with van der Waals surface area (Å²) in [7, 11) is 0. The van der Waals surface area contributed by atoms with Crippen molar-refractivity contribution >= 4 is 21.6 Å². The van der Waals surface area contributed by atoms with Gasteiger partial charge >= 0.3 is 0 Å². The molecule has 1 aliphatic carbocycles. The number of aromatic nitrogens is 4. The first-order valence-corrected chi connectivity index (χ1v) is 7.39. The highest BCUT2D eigenvalue weighted by molar-refractivity contribution is 9.10. The van der Waals surface area contributed by atoms with E-state index in [1.165, 1.54) is 19.3 Å². The number of rotatable bonds is 2. The van der Waals surface area contributed by atoms with Gasteiger partial charge in [0.1, 0.15) is 0 Å². The molecule has 0 bridgehead atoms. The third kappa shape index (κ3) is 2.36. The van der Waals surface area contributed by atoms with Crippen LogP contribution >= 0.6 is 15.9 Å². The molecule has 2 aromatic rings. The minimum atomic E-state index is 0.409. The average molecular weight is 322 g/mol. The number of nitrogens with zero attached hydrogens (tertiary/aromatic N) is 4. The predicted octanol–water partition coefficient (Wildman–Crippen LogP) is 3.19. The monoisotopic (exact) mass is 321 g/mol. The standard InChI is InChI=1S/C13H16BrN5/c14-12-10(7-4-8-11(12)15)13-16-17-18-19(13)9-5-2-1-3-6-9/h4,7-9H,1-3,5-6,15H2. The molecule has 0 amide bonds. The number of benzene rings is 1. The summed E-state index contributed by atoms with van der Waals surface area (Å²) >= 11 is 3.53. The Morgan fingerprint density at radius 1 is 1.21 bits per heavy atom. The Morgan fingerprint density at radius 3 is 2.79 bits per heavy atom. The van der Waals surface area contributed by atoms with E-state index in [4.69, 9.17) is 5.73 Å². The molecule has 1 aromatic carbocycles. The Labute approximate surface area is 120 Å². The molecule has 100 valence electrons. The summed E-state index contributed by atoms with van der Waals surface area (Å²) < 4.78 is 2.82. The molecule has 1 fully saturated rings. The van der Waals surface area contributed by atoms with Gasteiger partial charge in [-0.15, -0.1) is 5.10 Å². The van der Waals surface area contributed by atoms with Crippen molar-refractivity contribution in [2.45, 2.75) is 38.1 Å². The highest BCUT2D eigenvalue weighted by Crippen LogP contribution is 2.34. The minimum absolute atomic E-state index is 0.409. The summed E-state index contributed by atoms with van der Waals surface area (Å²) in [6.07, 6.45) is 6.12. The van der Waals surface area contributed by atoms with Gasteiger partial charge in [0.2, 0.25) is 0 Å². The number of halogens is 1. The second-order valence-electron chi connectivity index (χ2n) is 4.95. The number of tetrazole rings is 1. The van der Waals surface area contributed by atoms with E-state index in [1.807, 2.05) is 22.9 Å². The van der Waals surface area contributed by atoms with Gasteiger partial charge in [0.05, 0.1) is 10.5 Å². The largest absolute Gasteiger partial charge is 0.398 e. The highest BCUT2D eigenvalue weighted by atomic mass is 79.9. The van der Waals surface area contributed by atoms with Crippen molar-refractivity contribution in [2.75, 3.05) is 5.73 Å². The SMILES string of the molecule is Nc1cccc(-c2nnnn2C2CCCCC2)c1Br. The van der Waals surface area contributed by atoms with Crippen LogP contribution in [0.1, 0.15) is 38.1 Å². The number of hydrogen-bond acceptors (Lipinski definition) is 4. The number of nitrogen functional groups attached to an aromatic ring is 1. The molecule has 1 saturated carbocycles. The van der Waals surface area contributed by atoms with Gasteiger partial charge in [-0.25, -0.2) is 4.68 Å². The number of anilines is 1. The predicted molar refractivity (Wildman–Crippen MR) is 77.5 cm³/mol. The molecule has 1 aromatic heterocycles. The Morgan fingerprint density at radius 2 is 2.00 bits per heavy atom. The van der Waals surface area contributed by atoms with E-state index >= 15 is 0 Å². The fraction of sp³-hybridized carbons (Fsp3) is 0.462. The van der Waals surface area contributed by atoms with Crippen molar-refractivity contribution < 1.29 is 0 Å². The molecule has 0 spiro atoms. The van der Waals surface area contributed by atoms with Crippen LogP contribution in [-0.4, -0.2) is 20.2 Å².